The molecule has 0 saturated carbocycles. The normalized spacial score (nSPS) is 16.8. The first-order valence-electron chi connectivity index (χ1n) is 6.19. The van der Waals surface area contributed by atoms with Gasteiger partial charge in [-0.3, -0.25) is 0 Å². The first-order chi connectivity index (χ1) is 6.90. The van der Waals surface area contributed by atoms with Gasteiger partial charge in [0.05, 0.1) is 12.7 Å². The Kier molecular flexibility index (Phi) is 6.46. The Balaban J connectivity index is 4.52. The predicted octanol–water partition coefficient (Wildman–Crippen LogP) is 2.83. The van der Waals surface area contributed by atoms with Crippen LogP contribution in [0.1, 0.15) is 53.9 Å². The summed E-state index contributed by atoms with van der Waals surface area (Å²) < 4.78 is 0. The number of rotatable bonds is 7. The summed E-state index contributed by atoms with van der Waals surface area (Å²) in [4.78, 5) is 0. The zero-order valence-corrected chi connectivity index (χ0v) is 11.0. The summed E-state index contributed by atoms with van der Waals surface area (Å²) in [7, 11) is 0. The summed E-state index contributed by atoms with van der Waals surface area (Å²) in [5.74, 6) is 0.629. The standard InChI is InChI=1S/C13H28O2/c1-6-13(5,7-2)8-11(10(3)4)12(15)9-14/h10-12,14-15H,6-9H2,1-5H3. The molecule has 0 fully saturated rings. The quantitative estimate of drug-likeness (QED) is 0.687. The van der Waals surface area contributed by atoms with Crippen LogP contribution in [0.15, 0.2) is 0 Å². The summed E-state index contributed by atoms with van der Waals surface area (Å²) in [6.45, 7) is 10.8. The van der Waals surface area contributed by atoms with Crippen LogP contribution in [0, 0.1) is 17.3 Å². The second-order valence-electron chi connectivity index (χ2n) is 5.38. The van der Waals surface area contributed by atoms with E-state index < -0.39 is 6.10 Å². The zero-order chi connectivity index (χ0) is 12.1. The van der Waals surface area contributed by atoms with Gasteiger partial charge in [0.1, 0.15) is 0 Å². The van der Waals surface area contributed by atoms with Crippen molar-refractivity contribution in [2.75, 3.05) is 6.61 Å². The highest BCUT2D eigenvalue weighted by molar-refractivity contribution is 4.80. The van der Waals surface area contributed by atoms with Gasteiger partial charge < -0.3 is 10.2 Å². The minimum absolute atomic E-state index is 0.119. The first-order valence-corrected chi connectivity index (χ1v) is 6.19. The first kappa shape index (κ1) is 14.9. The monoisotopic (exact) mass is 216 g/mol. The molecule has 0 aliphatic heterocycles. The van der Waals surface area contributed by atoms with E-state index in [1.165, 1.54) is 0 Å². The third-order valence-corrected chi connectivity index (χ3v) is 3.97. The summed E-state index contributed by atoms with van der Waals surface area (Å²) in [6, 6.07) is 0. The van der Waals surface area contributed by atoms with Crippen molar-refractivity contribution in [2.45, 2.75) is 60.0 Å². The molecule has 0 amide bonds. The molecule has 0 heterocycles. The fourth-order valence-corrected chi connectivity index (χ4v) is 2.06. The maximum Gasteiger partial charge on any atom is 0.0801 e. The van der Waals surface area contributed by atoms with E-state index in [1.54, 1.807) is 0 Å². The van der Waals surface area contributed by atoms with Gasteiger partial charge >= 0.3 is 0 Å². The van der Waals surface area contributed by atoms with Gasteiger partial charge in [0.2, 0.25) is 0 Å². The molecule has 92 valence electrons. The summed E-state index contributed by atoms with van der Waals surface area (Å²) >= 11 is 0. The highest BCUT2D eigenvalue weighted by Gasteiger charge is 2.30. The molecule has 2 atom stereocenters. The fourth-order valence-electron chi connectivity index (χ4n) is 2.06. The number of aliphatic hydroxyl groups is 2. The molecule has 0 rings (SSSR count). The van der Waals surface area contributed by atoms with E-state index >= 15 is 0 Å². The molecular formula is C13H28O2. The molecule has 2 heteroatoms. The van der Waals surface area contributed by atoms with Crippen LogP contribution in [0.2, 0.25) is 0 Å². The average Bonchev–Trinajstić information content (AvgIpc) is 2.24. The van der Waals surface area contributed by atoms with Gasteiger partial charge in [-0.05, 0) is 23.7 Å². The van der Waals surface area contributed by atoms with Gasteiger partial charge in [0, 0.05) is 0 Å². The molecule has 15 heavy (non-hydrogen) atoms. The van der Waals surface area contributed by atoms with Crippen LogP contribution >= 0.6 is 0 Å². The van der Waals surface area contributed by atoms with Crippen LogP contribution in [-0.4, -0.2) is 22.9 Å². The smallest absolute Gasteiger partial charge is 0.0801 e. The number of hydrogen-bond donors (Lipinski definition) is 2. The fraction of sp³-hybridized carbons (Fsp3) is 1.00. The molecule has 0 bridgehead atoms. The Hall–Kier alpha value is -0.0800. The lowest BCUT2D eigenvalue weighted by Crippen LogP contribution is -2.33. The van der Waals surface area contributed by atoms with Crippen molar-refractivity contribution < 1.29 is 10.2 Å². The van der Waals surface area contributed by atoms with Crippen molar-refractivity contribution in [1.29, 1.82) is 0 Å². The largest absolute Gasteiger partial charge is 0.394 e. The van der Waals surface area contributed by atoms with Crippen molar-refractivity contribution in [3.63, 3.8) is 0 Å². The Morgan fingerprint density at radius 1 is 1.13 bits per heavy atom. The van der Waals surface area contributed by atoms with E-state index in [1.807, 2.05) is 0 Å². The van der Waals surface area contributed by atoms with Crippen molar-refractivity contribution in [1.82, 2.24) is 0 Å². The second kappa shape index (κ2) is 6.49. The van der Waals surface area contributed by atoms with Crippen LogP contribution in [0.4, 0.5) is 0 Å². The average molecular weight is 216 g/mol. The van der Waals surface area contributed by atoms with Crippen LogP contribution < -0.4 is 0 Å². The van der Waals surface area contributed by atoms with Crippen molar-refractivity contribution >= 4 is 0 Å². The van der Waals surface area contributed by atoms with Gasteiger partial charge in [-0.15, -0.1) is 0 Å². The molecule has 2 nitrogen and oxygen atoms in total. The van der Waals surface area contributed by atoms with Gasteiger partial charge in [-0.1, -0.05) is 47.5 Å². The zero-order valence-electron chi connectivity index (χ0n) is 11.0. The van der Waals surface area contributed by atoms with Gasteiger partial charge in [0.15, 0.2) is 0 Å². The molecule has 0 spiro atoms. The third kappa shape index (κ3) is 4.52. The van der Waals surface area contributed by atoms with E-state index in [9.17, 15) is 5.11 Å². The molecule has 0 aromatic carbocycles. The minimum Gasteiger partial charge on any atom is -0.394 e. The van der Waals surface area contributed by atoms with Crippen LogP contribution in [0.5, 0.6) is 0 Å². The SMILES string of the molecule is CCC(C)(CC)CC(C(C)C)C(O)CO. The Morgan fingerprint density at radius 2 is 1.60 bits per heavy atom. The lowest BCUT2D eigenvalue weighted by atomic mass is 9.72. The van der Waals surface area contributed by atoms with Crippen LogP contribution in [-0.2, 0) is 0 Å². The molecule has 2 N–H and O–H groups in total. The van der Waals surface area contributed by atoms with E-state index in [0.717, 1.165) is 19.3 Å². The van der Waals surface area contributed by atoms with Crippen molar-refractivity contribution in [2.24, 2.45) is 17.3 Å². The van der Waals surface area contributed by atoms with E-state index in [0.29, 0.717) is 11.3 Å². The third-order valence-electron chi connectivity index (χ3n) is 3.97. The van der Waals surface area contributed by atoms with Crippen LogP contribution in [0.3, 0.4) is 0 Å². The Labute approximate surface area is 94.7 Å². The molecular weight excluding hydrogens is 188 g/mol. The van der Waals surface area contributed by atoms with Gasteiger partial charge in [0.25, 0.3) is 0 Å². The van der Waals surface area contributed by atoms with E-state index in [2.05, 4.69) is 34.6 Å². The highest BCUT2D eigenvalue weighted by atomic mass is 16.3. The maximum atomic E-state index is 9.79. The predicted molar refractivity (Wildman–Crippen MR) is 64.7 cm³/mol. The summed E-state index contributed by atoms with van der Waals surface area (Å²) in [5, 5.41) is 18.8. The number of hydrogen-bond acceptors (Lipinski definition) is 2. The minimum atomic E-state index is -0.567. The molecule has 0 aliphatic carbocycles. The highest BCUT2D eigenvalue weighted by Crippen LogP contribution is 2.37. The van der Waals surface area contributed by atoms with Crippen molar-refractivity contribution in [3.8, 4) is 0 Å². The molecule has 0 radical (unpaired) electrons. The molecule has 0 saturated heterocycles. The lowest BCUT2D eigenvalue weighted by molar-refractivity contribution is 0.00569. The molecule has 2 unspecified atom stereocenters. The van der Waals surface area contributed by atoms with Crippen molar-refractivity contribution in [3.05, 3.63) is 0 Å². The van der Waals surface area contributed by atoms with E-state index in [4.69, 9.17) is 5.11 Å². The second-order valence-corrected chi connectivity index (χ2v) is 5.38. The van der Waals surface area contributed by atoms with Crippen LogP contribution in [0.25, 0.3) is 0 Å². The number of aliphatic hydroxyl groups excluding tert-OH is 2. The molecule has 0 aliphatic rings. The lowest BCUT2D eigenvalue weighted by Gasteiger charge is -2.35. The van der Waals surface area contributed by atoms with Gasteiger partial charge in [-0.2, -0.15) is 0 Å². The van der Waals surface area contributed by atoms with E-state index in [-0.39, 0.29) is 12.5 Å². The summed E-state index contributed by atoms with van der Waals surface area (Å²) in [6.07, 6.45) is 2.69. The Bertz CT molecular complexity index is 162. The topological polar surface area (TPSA) is 40.5 Å². The van der Waals surface area contributed by atoms with Gasteiger partial charge in [-0.25, -0.2) is 0 Å². The summed E-state index contributed by atoms with van der Waals surface area (Å²) in [5.41, 5.74) is 0.297. The maximum absolute atomic E-state index is 9.79. The molecule has 0 aromatic heterocycles. The molecule has 0 aromatic rings. The Morgan fingerprint density at radius 3 is 1.87 bits per heavy atom.